The maximum atomic E-state index is 14.1. The Morgan fingerprint density at radius 2 is 1.75 bits per heavy atom. The van der Waals surface area contributed by atoms with Crippen molar-refractivity contribution in [2.75, 3.05) is 50.0 Å². The minimum atomic E-state index is 0.0313. The summed E-state index contributed by atoms with van der Waals surface area (Å²) in [4.78, 5) is 25.3. The lowest BCUT2D eigenvalue weighted by molar-refractivity contribution is 0.0498. The predicted molar refractivity (Wildman–Crippen MR) is 142 cm³/mol. The third-order valence-electron chi connectivity index (χ3n) is 7.20. The van der Waals surface area contributed by atoms with E-state index < -0.39 is 0 Å². The SMILES string of the molecule is CN1CCN(C(=O)c2ccc(Nc3nc4ccccn4n3)cc2N2CCCC2)C(c2ccccc2)C1. The second-order valence-electron chi connectivity index (χ2n) is 9.68. The summed E-state index contributed by atoms with van der Waals surface area (Å²) in [6.45, 7) is 4.32. The minimum Gasteiger partial charge on any atom is -0.371 e. The molecule has 2 fully saturated rings. The Hall–Kier alpha value is -3.91. The van der Waals surface area contributed by atoms with E-state index in [1.807, 2.05) is 42.6 Å². The highest BCUT2D eigenvalue weighted by molar-refractivity contribution is 6.01. The molecule has 1 amide bonds. The molecule has 2 aromatic heterocycles. The van der Waals surface area contributed by atoms with Crippen molar-refractivity contribution in [3.8, 4) is 0 Å². The van der Waals surface area contributed by atoms with Crippen molar-refractivity contribution >= 4 is 28.9 Å². The molecule has 0 radical (unpaired) electrons. The van der Waals surface area contributed by atoms with Crippen molar-refractivity contribution in [2.24, 2.45) is 0 Å². The molecule has 1 N–H and O–H groups in total. The van der Waals surface area contributed by atoms with Crippen LogP contribution in [0.3, 0.4) is 0 Å². The van der Waals surface area contributed by atoms with Crippen molar-refractivity contribution in [3.05, 3.63) is 84.1 Å². The summed E-state index contributed by atoms with van der Waals surface area (Å²) in [7, 11) is 2.13. The number of hydrogen-bond donors (Lipinski definition) is 1. The van der Waals surface area contributed by atoms with E-state index in [2.05, 4.69) is 67.5 Å². The summed E-state index contributed by atoms with van der Waals surface area (Å²) < 4.78 is 1.75. The molecule has 0 aliphatic carbocycles. The van der Waals surface area contributed by atoms with Crippen molar-refractivity contribution in [1.29, 1.82) is 0 Å². The van der Waals surface area contributed by atoms with Gasteiger partial charge in [-0.15, -0.1) is 5.10 Å². The van der Waals surface area contributed by atoms with Crippen LogP contribution in [0.4, 0.5) is 17.3 Å². The van der Waals surface area contributed by atoms with Crippen LogP contribution in [0, 0.1) is 0 Å². The average molecular weight is 482 g/mol. The molecular weight excluding hydrogens is 450 g/mol. The highest BCUT2D eigenvalue weighted by Gasteiger charge is 2.33. The molecule has 6 rings (SSSR count). The number of amides is 1. The van der Waals surface area contributed by atoms with Gasteiger partial charge in [0, 0.05) is 44.6 Å². The number of anilines is 3. The molecule has 2 aromatic carbocycles. The van der Waals surface area contributed by atoms with Gasteiger partial charge in [-0.05, 0) is 55.8 Å². The van der Waals surface area contributed by atoms with Crippen LogP contribution in [0.15, 0.2) is 72.9 Å². The molecule has 8 nitrogen and oxygen atoms in total. The standard InChI is InChI=1S/C28H31N7O/c1-32-17-18-34(25(20-32)21-9-3-2-4-10-21)27(36)23-13-12-22(19-24(23)33-14-7-8-15-33)29-28-30-26-11-5-6-16-35(26)31-28/h2-6,9-13,16,19,25H,7-8,14-15,17-18,20H2,1H3,(H,29,31). The van der Waals surface area contributed by atoms with E-state index in [-0.39, 0.29) is 11.9 Å². The van der Waals surface area contributed by atoms with Gasteiger partial charge in [0.2, 0.25) is 5.95 Å². The van der Waals surface area contributed by atoms with E-state index >= 15 is 0 Å². The molecule has 2 saturated heterocycles. The van der Waals surface area contributed by atoms with Crippen LogP contribution in [0.2, 0.25) is 0 Å². The second kappa shape index (κ2) is 9.62. The topological polar surface area (TPSA) is 69.0 Å². The summed E-state index contributed by atoms with van der Waals surface area (Å²) in [5.41, 5.74) is 4.58. The van der Waals surface area contributed by atoms with Crippen LogP contribution < -0.4 is 10.2 Å². The molecule has 1 atom stereocenters. The van der Waals surface area contributed by atoms with E-state index in [1.54, 1.807) is 4.52 Å². The molecule has 4 heterocycles. The summed E-state index contributed by atoms with van der Waals surface area (Å²) in [6, 6.07) is 22.2. The zero-order valence-electron chi connectivity index (χ0n) is 20.5. The fraction of sp³-hybridized carbons (Fsp3) is 0.321. The molecular formula is C28H31N7O. The zero-order chi connectivity index (χ0) is 24.5. The first kappa shape index (κ1) is 22.5. The molecule has 0 spiro atoms. The summed E-state index contributed by atoms with van der Waals surface area (Å²) >= 11 is 0. The van der Waals surface area contributed by atoms with Gasteiger partial charge in [0.1, 0.15) is 0 Å². The number of nitrogens with one attached hydrogen (secondary N) is 1. The zero-order valence-corrected chi connectivity index (χ0v) is 20.5. The number of carbonyl (C=O) groups is 1. The Morgan fingerprint density at radius 3 is 2.56 bits per heavy atom. The Balaban J connectivity index is 1.33. The Kier molecular flexibility index (Phi) is 6.03. The quantitative estimate of drug-likeness (QED) is 0.461. The molecule has 4 aromatic rings. The predicted octanol–water partition coefficient (Wildman–Crippen LogP) is 4.20. The maximum absolute atomic E-state index is 14.1. The van der Waals surface area contributed by atoms with E-state index in [1.165, 1.54) is 5.56 Å². The molecule has 184 valence electrons. The Bertz CT molecular complexity index is 1330. The van der Waals surface area contributed by atoms with Gasteiger partial charge in [0.15, 0.2) is 5.65 Å². The number of aromatic nitrogens is 3. The van der Waals surface area contributed by atoms with Gasteiger partial charge < -0.3 is 20.0 Å². The first-order valence-corrected chi connectivity index (χ1v) is 12.7. The summed E-state index contributed by atoms with van der Waals surface area (Å²) in [6.07, 6.45) is 4.16. The average Bonchev–Trinajstić information content (AvgIpc) is 3.59. The molecule has 8 heteroatoms. The minimum absolute atomic E-state index is 0.0313. The van der Waals surface area contributed by atoms with Gasteiger partial charge in [-0.3, -0.25) is 4.79 Å². The summed E-state index contributed by atoms with van der Waals surface area (Å²) in [5.74, 6) is 0.632. The van der Waals surface area contributed by atoms with Crippen LogP contribution in [-0.4, -0.2) is 70.1 Å². The number of fused-ring (bicyclic) bond motifs is 1. The van der Waals surface area contributed by atoms with Crippen LogP contribution in [0.1, 0.15) is 34.8 Å². The lowest BCUT2D eigenvalue weighted by atomic mass is 10.0. The van der Waals surface area contributed by atoms with E-state index in [0.29, 0.717) is 12.5 Å². The van der Waals surface area contributed by atoms with Gasteiger partial charge in [-0.25, -0.2) is 4.52 Å². The normalized spacial score (nSPS) is 18.6. The van der Waals surface area contributed by atoms with Crippen LogP contribution in [-0.2, 0) is 0 Å². The molecule has 2 aliphatic rings. The number of pyridine rings is 1. The highest BCUT2D eigenvalue weighted by atomic mass is 16.2. The van der Waals surface area contributed by atoms with Crippen molar-refractivity contribution in [3.63, 3.8) is 0 Å². The Morgan fingerprint density at radius 1 is 0.944 bits per heavy atom. The summed E-state index contributed by atoms with van der Waals surface area (Å²) in [5, 5.41) is 7.86. The number of piperazine rings is 1. The van der Waals surface area contributed by atoms with Gasteiger partial charge in [-0.2, -0.15) is 4.98 Å². The number of rotatable bonds is 5. The molecule has 0 saturated carbocycles. The largest absolute Gasteiger partial charge is 0.371 e. The van der Waals surface area contributed by atoms with Gasteiger partial charge in [0.05, 0.1) is 17.3 Å². The fourth-order valence-electron chi connectivity index (χ4n) is 5.30. The molecule has 1 unspecified atom stereocenters. The number of benzene rings is 2. The molecule has 36 heavy (non-hydrogen) atoms. The highest BCUT2D eigenvalue weighted by Crippen LogP contribution is 2.33. The third kappa shape index (κ3) is 4.40. The third-order valence-corrected chi connectivity index (χ3v) is 7.20. The Labute approximate surface area is 211 Å². The van der Waals surface area contributed by atoms with Gasteiger partial charge in [0.25, 0.3) is 5.91 Å². The van der Waals surface area contributed by atoms with Crippen LogP contribution in [0.5, 0.6) is 0 Å². The van der Waals surface area contributed by atoms with Crippen LogP contribution in [0.25, 0.3) is 5.65 Å². The van der Waals surface area contributed by atoms with E-state index in [9.17, 15) is 4.79 Å². The monoisotopic (exact) mass is 481 g/mol. The van der Waals surface area contributed by atoms with Crippen molar-refractivity contribution < 1.29 is 4.79 Å². The lowest BCUT2D eigenvalue weighted by Crippen LogP contribution is -2.49. The fourth-order valence-corrected chi connectivity index (χ4v) is 5.30. The molecule has 2 aliphatic heterocycles. The van der Waals surface area contributed by atoms with Crippen molar-refractivity contribution in [1.82, 2.24) is 24.4 Å². The number of carbonyl (C=O) groups excluding carboxylic acids is 1. The number of nitrogens with zero attached hydrogens (tertiary/aromatic N) is 6. The number of hydrogen-bond acceptors (Lipinski definition) is 6. The number of likely N-dealkylation sites (N-methyl/N-ethyl adjacent to an activating group) is 1. The van der Waals surface area contributed by atoms with Crippen molar-refractivity contribution in [2.45, 2.75) is 18.9 Å². The first-order valence-electron chi connectivity index (χ1n) is 12.7. The van der Waals surface area contributed by atoms with Crippen LogP contribution >= 0.6 is 0 Å². The maximum Gasteiger partial charge on any atom is 0.256 e. The first-order chi connectivity index (χ1) is 17.7. The molecule has 0 bridgehead atoms. The van der Waals surface area contributed by atoms with E-state index in [0.717, 1.165) is 61.6 Å². The smallest absolute Gasteiger partial charge is 0.256 e. The lowest BCUT2D eigenvalue weighted by Gasteiger charge is -2.41. The van der Waals surface area contributed by atoms with E-state index in [4.69, 9.17) is 0 Å². The van der Waals surface area contributed by atoms with Gasteiger partial charge >= 0.3 is 0 Å². The second-order valence-corrected chi connectivity index (χ2v) is 9.68. The van der Waals surface area contributed by atoms with Gasteiger partial charge in [-0.1, -0.05) is 36.4 Å².